The number of aromatic nitrogens is 1. The fraction of sp³-hybridized carbons (Fsp3) is 0.571. The predicted octanol–water partition coefficient (Wildman–Crippen LogP) is 1.47. The molecule has 112 valence electrons. The number of nitrogens with one attached hydrogen (secondary N) is 2. The first-order valence-corrected chi connectivity index (χ1v) is 8.10. The van der Waals surface area contributed by atoms with Gasteiger partial charge in [-0.05, 0) is 32.6 Å². The summed E-state index contributed by atoms with van der Waals surface area (Å²) >= 11 is 1.70. The molecule has 3 rings (SSSR count). The van der Waals surface area contributed by atoms with Crippen LogP contribution < -0.4 is 10.7 Å². The third kappa shape index (κ3) is 3.12. The average molecular weight is 306 g/mol. The molecule has 1 aromatic rings. The Labute approximate surface area is 127 Å². The topological polar surface area (TPSA) is 83.5 Å². The van der Waals surface area contributed by atoms with Gasteiger partial charge < -0.3 is 5.32 Å². The molecule has 6 nitrogen and oxygen atoms in total. The Kier molecular flexibility index (Phi) is 4.01. The van der Waals surface area contributed by atoms with Crippen molar-refractivity contribution in [2.24, 2.45) is 5.10 Å². The fourth-order valence-corrected chi connectivity index (χ4v) is 3.69. The fourth-order valence-electron chi connectivity index (χ4n) is 2.54. The Morgan fingerprint density at radius 3 is 2.81 bits per heavy atom. The van der Waals surface area contributed by atoms with E-state index in [1.54, 1.807) is 11.3 Å². The van der Waals surface area contributed by atoms with Crippen LogP contribution in [0, 0.1) is 0 Å². The molecule has 1 aromatic heterocycles. The molecule has 2 heterocycles. The lowest BCUT2D eigenvalue weighted by molar-refractivity contribution is -0.121. The van der Waals surface area contributed by atoms with Gasteiger partial charge in [0.15, 0.2) is 0 Å². The van der Waals surface area contributed by atoms with Crippen molar-refractivity contribution in [3.63, 3.8) is 0 Å². The highest BCUT2D eigenvalue weighted by Gasteiger charge is 2.23. The van der Waals surface area contributed by atoms with E-state index in [-0.39, 0.29) is 17.9 Å². The van der Waals surface area contributed by atoms with Crippen molar-refractivity contribution in [2.75, 3.05) is 0 Å². The van der Waals surface area contributed by atoms with Gasteiger partial charge in [-0.1, -0.05) is 0 Å². The molecular weight excluding hydrogens is 288 g/mol. The monoisotopic (exact) mass is 306 g/mol. The first kappa shape index (κ1) is 14.2. The zero-order valence-electron chi connectivity index (χ0n) is 11.9. The molecule has 7 heteroatoms. The van der Waals surface area contributed by atoms with Crippen molar-refractivity contribution < 1.29 is 9.59 Å². The van der Waals surface area contributed by atoms with Crippen molar-refractivity contribution in [3.05, 3.63) is 15.6 Å². The van der Waals surface area contributed by atoms with Crippen molar-refractivity contribution in [1.82, 2.24) is 15.7 Å². The SMILES string of the molecule is C[C@H](NC(=O)C1=NNC(=O)CC1)c1nc2c(s1)CCCC2. The van der Waals surface area contributed by atoms with E-state index in [1.807, 2.05) is 6.92 Å². The lowest BCUT2D eigenvalue weighted by atomic mass is 10.0. The van der Waals surface area contributed by atoms with Gasteiger partial charge in [-0.3, -0.25) is 9.59 Å². The minimum atomic E-state index is -0.226. The highest BCUT2D eigenvalue weighted by Crippen LogP contribution is 2.29. The molecule has 0 aromatic carbocycles. The molecule has 0 unspecified atom stereocenters. The van der Waals surface area contributed by atoms with Gasteiger partial charge in [0.1, 0.15) is 10.7 Å². The Hall–Kier alpha value is -1.76. The number of hydrogen-bond acceptors (Lipinski definition) is 5. The van der Waals surface area contributed by atoms with E-state index in [0.29, 0.717) is 18.6 Å². The Balaban J connectivity index is 1.65. The summed E-state index contributed by atoms with van der Waals surface area (Å²) in [6.07, 6.45) is 5.28. The molecule has 2 amide bonds. The van der Waals surface area contributed by atoms with Gasteiger partial charge in [-0.15, -0.1) is 11.3 Å². The van der Waals surface area contributed by atoms with E-state index >= 15 is 0 Å². The molecule has 1 aliphatic heterocycles. The number of nitrogens with zero attached hydrogens (tertiary/aromatic N) is 2. The highest BCUT2D eigenvalue weighted by molar-refractivity contribution is 7.11. The summed E-state index contributed by atoms with van der Waals surface area (Å²) in [6, 6.07) is -0.131. The van der Waals surface area contributed by atoms with Gasteiger partial charge in [0.25, 0.3) is 5.91 Å². The summed E-state index contributed by atoms with van der Waals surface area (Å²) < 4.78 is 0. The number of carbonyl (C=O) groups is 2. The van der Waals surface area contributed by atoms with Crippen molar-refractivity contribution >= 4 is 28.9 Å². The van der Waals surface area contributed by atoms with E-state index < -0.39 is 0 Å². The molecule has 0 spiro atoms. The van der Waals surface area contributed by atoms with Crippen LogP contribution in [0.5, 0.6) is 0 Å². The quantitative estimate of drug-likeness (QED) is 0.887. The summed E-state index contributed by atoms with van der Waals surface area (Å²) in [7, 11) is 0. The van der Waals surface area contributed by atoms with Crippen LogP contribution in [0.3, 0.4) is 0 Å². The van der Waals surface area contributed by atoms with Gasteiger partial charge in [0.05, 0.1) is 11.7 Å². The Bertz CT molecular complexity index is 585. The number of aryl methyl sites for hydroxylation is 2. The lowest BCUT2D eigenvalue weighted by Crippen LogP contribution is -2.37. The minimum Gasteiger partial charge on any atom is -0.342 e. The maximum atomic E-state index is 12.1. The number of amides is 2. The van der Waals surface area contributed by atoms with Gasteiger partial charge in [0.2, 0.25) is 5.91 Å². The largest absolute Gasteiger partial charge is 0.342 e. The van der Waals surface area contributed by atoms with Crippen LogP contribution in [0.1, 0.15) is 54.2 Å². The smallest absolute Gasteiger partial charge is 0.268 e. The average Bonchev–Trinajstić information content (AvgIpc) is 2.92. The summed E-state index contributed by atoms with van der Waals surface area (Å²) in [5.41, 5.74) is 3.92. The molecule has 1 aliphatic carbocycles. The third-order valence-electron chi connectivity index (χ3n) is 3.75. The zero-order chi connectivity index (χ0) is 14.8. The minimum absolute atomic E-state index is 0.131. The van der Waals surface area contributed by atoms with E-state index in [2.05, 4.69) is 20.8 Å². The van der Waals surface area contributed by atoms with Gasteiger partial charge in [-0.25, -0.2) is 10.4 Å². The van der Waals surface area contributed by atoms with Gasteiger partial charge >= 0.3 is 0 Å². The maximum absolute atomic E-state index is 12.1. The van der Waals surface area contributed by atoms with Crippen molar-refractivity contribution in [2.45, 2.75) is 51.5 Å². The predicted molar refractivity (Wildman–Crippen MR) is 80.1 cm³/mol. The number of thiazole rings is 1. The second-order valence-electron chi connectivity index (χ2n) is 5.42. The van der Waals surface area contributed by atoms with Crippen LogP contribution in [0.4, 0.5) is 0 Å². The maximum Gasteiger partial charge on any atom is 0.268 e. The van der Waals surface area contributed by atoms with E-state index in [4.69, 9.17) is 0 Å². The summed E-state index contributed by atoms with van der Waals surface area (Å²) in [5, 5.41) is 7.68. The van der Waals surface area contributed by atoms with Gasteiger partial charge in [-0.2, -0.15) is 5.10 Å². The van der Waals surface area contributed by atoms with Crippen molar-refractivity contribution in [3.8, 4) is 0 Å². The van der Waals surface area contributed by atoms with Crippen LogP contribution in [0.2, 0.25) is 0 Å². The molecule has 0 saturated heterocycles. The first-order chi connectivity index (χ1) is 10.1. The first-order valence-electron chi connectivity index (χ1n) is 7.28. The van der Waals surface area contributed by atoms with E-state index in [1.165, 1.54) is 23.4 Å². The Morgan fingerprint density at radius 2 is 2.10 bits per heavy atom. The van der Waals surface area contributed by atoms with Crippen LogP contribution in [-0.2, 0) is 22.4 Å². The van der Waals surface area contributed by atoms with Crippen LogP contribution in [0.15, 0.2) is 5.10 Å². The number of rotatable bonds is 3. The summed E-state index contributed by atoms with van der Waals surface area (Å²) in [6.45, 7) is 1.93. The van der Waals surface area contributed by atoms with Gasteiger partial charge in [0, 0.05) is 17.7 Å². The molecule has 2 N–H and O–H groups in total. The second kappa shape index (κ2) is 5.93. The van der Waals surface area contributed by atoms with Crippen LogP contribution >= 0.6 is 11.3 Å². The van der Waals surface area contributed by atoms with Crippen LogP contribution in [-0.4, -0.2) is 22.5 Å². The number of hydrazone groups is 1. The normalized spacial score (nSPS) is 19.3. The molecule has 2 aliphatic rings. The molecule has 0 saturated carbocycles. The number of carbonyl (C=O) groups excluding carboxylic acids is 2. The summed E-state index contributed by atoms with van der Waals surface area (Å²) in [5.74, 6) is -0.372. The molecule has 0 fully saturated rings. The lowest BCUT2D eigenvalue weighted by Gasteiger charge is -2.15. The summed E-state index contributed by atoms with van der Waals surface area (Å²) in [4.78, 5) is 29.2. The molecule has 0 radical (unpaired) electrons. The number of hydrogen-bond donors (Lipinski definition) is 2. The zero-order valence-corrected chi connectivity index (χ0v) is 12.8. The van der Waals surface area contributed by atoms with Crippen LogP contribution in [0.25, 0.3) is 0 Å². The van der Waals surface area contributed by atoms with E-state index in [9.17, 15) is 9.59 Å². The molecule has 1 atom stereocenters. The Morgan fingerprint density at radius 1 is 1.29 bits per heavy atom. The third-order valence-corrected chi connectivity index (χ3v) is 5.09. The molecular formula is C14H18N4O2S. The highest BCUT2D eigenvalue weighted by atomic mass is 32.1. The second-order valence-corrected chi connectivity index (χ2v) is 6.53. The standard InChI is InChI=1S/C14H18N4O2S/c1-8(14-16-9-4-2-3-5-11(9)21-14)15-13(20)10-6-7-12(19)18-17-10/h8H,2-7H2,1H3,(H,15,20)(H,18,19)/t8-/m0/s1. The molecule has 21 heavy (non-hydrogen) atoms. The molecule has 0 bridgehead atoms. The van der Waals surface area contributed by atoms with Crippen molar-refractivity contribution in [1.29, 1.82) is 0 Å². The van der Waals surface area contributed by atoms with E-state index in [0.717, 1.165) is 17.8 Å². The number of fused-ring (bicyclic) bond motifs is 1.